The maximum Gasteiger partial charge on any atom is 0.337 e. The van der Waals surface area contributed by atoms with Gasteiger partial charge < -0.3 is 24.4 Å². The van der Waals surface area contributed by atoms with Crippen LogP contribution in [-0.2, 0) is 19.0 Å². The molecular formula is C20H30O6. The fourth-order valence-corrected chi connectivity index (χ4v) is 4.94. The zero-order chi connectivity index (χ0) is 18.7. The van der Waals surface area contributed by atoms with Gasteiger partial charge in [0.05, 0.1) is 35.6 Å². The van der Waals surface area contributed by atoms with Gasteiger partial charge in [0.25, 0.3) is 0 Å². The Hall–Kier alpha value is -0.950. The van der Waals surface area contributed by atoms with E-state index in [1.807, 2.05) is 6.92 Å². The molecule has 0 saturated carbocycles. The summed E-state index contributed by atoms with van der Waals surface area (Å²) >= 11 is 0. The van der Waals surface area contributed by atoms with Crippen molar-refractivity contribution in [3.05, 3.63) is 11.1 Å². The van der Waals surface area contributed by atoms with E-state index >= 15 is 0 Å². The summed E-state index contributed by atoms with van der Waals surface area (Å²) in [5.41, 5.74) is 0.0885. The van der Waals surface area contributed by atoms with Crippen LogP contribution >= 0.6 is 0 Å². The van der Waals surface area contributed by atoms with Gasteiger partial charge in [0.15, 0.2) is 6.10 Å². The number of esters is 1. The largest absolute Gasteiger partial charge is 0.452 e. The molecule has 146 valence electrons. The summed E-state index contributed by atoms with van der Waals surface area (Å²) in [6, 6.07) is 0. The third-order valence-electron chi connectivity index (χ3n) is 6.93. The van der Waals surface area contributed by atoms with Crippen molar-refractivity contribution in [1.82, 2.24) is 0 Å². The molecule has 0 spiro atoms. The average Bonchev–Trinajstić information content (AvgIpc) is 3.11. The number of fused-ring (bicyclic) bond motifs is 5. The van der Waals surface area contributed by atoms with E-state index in [2.05, 4.69) is 13.8 Å². The van der Waals surface area contributed by atoms with Gasteiger partial charge in [0.2, 0.25) is 0 Å². The van der Waals surface area contributed by atoms with E-state index in [9.17, 15) is 15.0 Å². The van der Waals surface area contributed by atoms with E-state index in [0.29, 0.717) is 18.4 Å². The maximum absolute atomic E-state index is 12.2. The molecule has 0 amide bonds. The van der Waals surface area contributed by atoms with Gasteiger partial charge in [0.1, 0.15) is 6.10 Å². The number of aliphatic hydroxyl groups excluding tert-OH is 1. The molecule has 6 heteroatoms. The first-order valence-corrected chi connectivity index (χ1v) is 9.84. The zero-order valence-electron chi connectivity index (χ0n) is 15.9. The second-order valence-electron chi connectivity index (χ2n) is 8.97. The Labute approximate surface area is 154 Å². The van der Waals surface area contributed by atoms with Gasteiger partial charge in [-0.3, -0.25) is 0 Å². The smallest absolute Gasteiger partial charge is 0.337 e. The molecule has 3 fully saturated rings. The summed E-state index contributed by atoms with van der Waals surface area (Å²) in [4.78, 5) is 12.2. The van der Waals surface area contributed by atoms with Crippen molar-refractivity contribution in [1.29, 1.82) is 0 Å². The predicted octanol–water partition coefficient (Wildman–Crippen LogP) is 1.87. The fraction of sp³-hybridized carbons (Fsp3) is 0.850. The van der Waals surface area contributed by atoms with Gasteiger partial charge in [-0.1, -0.05) is 13.3 Å². The fourth-order valence-electron chi connectivity index (χ4n) is 4.94. The minimum absolute atomic E-state index is 0.0556. The van der Waals surface area contributed by atoms with Crippen LogP contribution in [0.25, 0.3) is 0 Å². The first kappa shape index (κ1) is 18.4. The average molecular weight is 366 g/mol. The Kier molecular flexibility index (Phi) is 4.46. The Morgan fingerprint density at radius 1 is 1.19 bits per heavy atom. The summed E-state index contributed by atoms with van der Waals surface area (Å²) in [6.07, 6.45) is 3.85. The molecule has 0 aliphatic carbocycles. The lowest BCUT2D eigenvalue weighted by Crippen LogP contribution is -2.52. The molecule has 26 heavy (non-hydrogen) atoms. The van der Waals surface area contributed by atoms with Crippen molar-refractivity contribution in [2.45, 2.75) is 94.9 Å². The lowest BCUT2D eigenvalue weighted by molar-refractivity contribution is -0.188. The van der Waals surface area contributed by atoms with Gasteiger partial charge in [0, 0.05) is 6.42 Å². The molecule has 0 aromatic rings. The van der Waals surface area contributed by atoms with Crippen LogP contribution in [0, 0.1) is 5.92 Å². The van der Waals surface area contributed by atoms with Crippen LogP contribution < -0.4 is 0 Å². The van der Waals surface area contributed by atoms with Crippen LogP contribution in [0.4, 0.5) is 0 Å². The van der Waals surface area contributed by atoms with E-state index in [0.717, 1.165) is 31.3 Å². The van der Waals surface area contributed by atoms with Crippen LogP contribution in [0.1, 0.15) is 59.3 Å². The van der Waals surface area contributed by atoms with Crippen molar-refractivity contribution < 1.29 is 29.2 Å². The van der Waals surface area contributed by atoms with Gasteiger partial charge in [-0.15, -0.1) is 0 Å². The predicted molar refractivity (Wildman–Crippen MR) is 93.4 cm³/mol. The third kappa shape index (κ3) is 3.01. The van der Waals surface area contributed by atoms with Gasteiger partial charge >= 0.3 is 5.97 Å². The zero-order valence-corrected chi connectivity index (χ0v) is 15.9. The highest BCUT2D eigenvalue weighted by Gasteiger charge is 2.54. The maximum atomic E-state index is 12.2. The number of hydrogen-bond donors (Lipinski definition) is 2. The highest BCUT2D eigenvalue weighted by molar-refractivity contribution is 5.92. The molecule has 4 aliphatic rings. The van der Waals surface area contributed by atoms with E-state index in [1.54, 1.807) is 0 Å². The lowest BCUT2D eigenvalue weighted by Gasteiger charge is -2.44. The van der Waals surface area contributed by atoms with E-state index < -0.39 is 23.8 Å². The SMILES string of the molecule is C[C@@H]1CCCC2(C)O[C@H]2CC[C@@](C)(O)[C@@H]2CC3=C(CO)C(=O)O[C@H]3[C@H]1O2. The van der Waals surface area contributed by atoms with E-state index in [-0.39, 0.29) is 30.3 Å². The summed E-state index contributed by atoms with van der Waals surface area (Å²) in [5, 5.41) is 20.8. The summed E-state index contributed by atoms with van der Waals surface area (Å²) in [6.45, 7) is 5.76. The monoisotopic (exact) mass is 366 g/mol. The van der Waals surface area contributed by atoms with E-state index in [1.165, 1.54) is 0 Å². The molecule has 4 rings (SSSR count). The van der Waals surface area contributed by atoms with Gasteiger partial charge in [-0.05, 0) is 51.0 Å². The molecule has 3 saturated heterocycles. The normalized spacial score (nSPS) is 48.8. The Morgan fingerprint density at radius 2 is 1.96 bits per heavy atom. The number of rotatable bonds is 1. The Bertz CT molecular complexity index is 626. The van der Waals surface area contributed by atoms with Crippen LogP contribution in [0.3, 0.4) is 0 Å². The lowest BCUT2D eigenvalue weighted by atomic mass is 9.78. The first-order chi connectivity index (χ1) is 12.2. The van der Waals surface area contributed by atoms with Gasteiger partial charge in [-0.2, -0.15) is 0 Å². The number of carbonyl (C=O) groups excluding carboxylic acids is 1. The van der Waals surface area contributed by atoms with Crippen molar-refractivity contribution in [2.75, 3.05) is 6.61 Å². The second kappa shape index (κ2) is 6.30. The molecule has 2 bridgehead atoms. The summed E-state index contributed by atoms with van der Waals surface area (Å²) < 4.78 is 17.8. The molecule has 1 unspecified atom stereocenters. The molecule has 0 radical (unpaired) electrons. The van der Waals surface area contributed by atoms with Crippen LogP contribution in [-0.4, -0.2) is 58.4 Å². The van der Waals surface area contributed by atoms with Crippen LogP contribution in [0.15, 0.2) is 11.1 Å². The molecule has 0 aromatic heterocycles. The molecule has 0 aromatic carbocycles. The number of carbonyl (C=O) groups is 1. The number of hydrogen-bond acceptors (Lipinski definition) is 6. The standard InChI is InChI=1S/C20H30O6/c1-11-5-4-7-20(3)14(26-20)6-8-19(2,23)15-9-12-13(10-21)18(22)25-17(12)16(11)24-15/h11,14-17,21,23H,4-10H2,1-3H3/t11-,14+,15+,16+,17-,19-,20?/m1/s1. The molecule has 4 heterocycles. The van der Waals surface area contributed by atoms with Crippen molar-refractivity contribution in [3.63, 3.8) is 0 Å². The second-order valence-corrected chi connectivity index (χ2v) is 8.97. The molecule has 6 nitrogen and oxygen atoms in total. The molecular weight excluding hydrogens is 336 g/mol. The van der Waals surface area contributed by atoms with Crippen molar-refractivity contribution in [2.24, 2.45) is 5.92 Å². The molecule has 7 atom stereocenters. The number of epoxide rings is 1. The topological polar surface area (TPSA) is 88.5 Å². The third-order valence-corrected chi connectivity index (χ3v) is 6.93. The summed E-state index contributed by atoms with van der Waals surface area (Å²) in [5.74, 6) is -0.264. The van der Waals surface area contributed by atoms with Crippen molar-refractivity contribution in [3.8, 4) is 0 Å². The highest BCUT2D eigenvalue weighted by Crippen LogP contribution is 2.47. The number of aliphatic hydroxyl groups is 2. The molecule has 4 aliphatic heterocycles. The number of ether oxygens (including phenoxy) is 3. The van der Waals surface area contributed by atoms with Crippen LogP contribution in [0.2, 0.25) is 0 Å². The first-order valence-electron chi connectivity index (χ1n) is 9.84. The Balaban J connectivity index is 1.65. The van der Waals surface area contributed by atoms with Gasteiger partial charge in [-0.25, -0.2) is 4.79 Å². The quantitative estimate of drug-likeness (QED) is 0.544. The van der Waals surface area contributed by atoms with Crippen LogP contribution in [0.5, 0.6) is 0 Å². The summed E-state index contributed by atoms with van der Waals surface area (Å²) in [7, 11) is 0. The minimum Gasteiger partial charge on any atom is -0.452 e. The minimum atomic E-state index is -1.02. The van der Waals surface area contributed by atoms with E-state index in [4.69, 9.17) is 14.2 Å². The van der Waals surface area contributed by atoms with Crippen molar-refractivity contribution >= 4 is 5.97 Å². The highest BCUT2D eigenvalue weighted by atomic mass is 16.6. The molecule has 2 N–H and O–H groups in total. The Morgan fingerprint density at radius 3 is 2.69 bits per heavy atom.